The van der Waals surface area contributed by atoms with E-state index in [9.17, 15) is 19.2 Å². The first-order valence-corrected chi connectivity index (χ1v) is 13.1. The second-order valence-corrected chi connectivity index (χ2v) is 9.91. The molecule has 2 heterocycles. The van der Waals surface area contributed by atoms with Gasteiger partial charge in [-0.3, -0.25) is 19.3 Å². The third-order valence-corrected chi connectivity index (χ3v) is 7.42. The molecule has 0 aromatic heterocycles. The summed E-state index contributed by atoms with van der Waals surface area (Å²) in [7, 11) is 1.26. The summed E-state index contributed by atoms with van der Waals surface area (Å²) in [5, 5.41) is 2.74. The van der Waals surface area contributed by atoms with Gasteiger partial charge in [-0.15, -0.1) is 0 Å². The van der Waals surface area contributed by atoms with Crippen LogP contribution in [-0.2, 0) is 23.9 Å². The Morgan fingerprint density at radius 2 is 1.71 bits per heavy atom. The number of amides is 3. The number of hydrogen-bond acceptors (Lipinski definition) is 7. The van der Waals surface area contributed by atoms with Crippen molar-refractivity contribution in [2.75, 3.05) is 56.2 Å². The van der Waals surface area contributed by atoms with E-state index in [1.165, 1.54) is 12.0 Å². The summed E-state index contributed by atoms with van der Waals surface area (Å²) in [4.78, 5) is 52.7. The van der Waals surface area contributed by atoms with E-state index in [1.54, 1.807) is 4.90 Å². The summed E-state index contributed by atoms with van der Waals surface area (Å²) in [6, 6.07) is 2.17. The first-order valence-electron chi connectivity index (χ1n) is 13.1. The Hall–Kier alpha value is -3.44. The number of methoxy groups -OCH3 is 1. The van der Waals surface area contributed by atoms with Gasteiger partial charge in [0.1, 0.15) is 11.8 Å². The molecule has 1 aromatic carbocycles. The standard InChI is InChI=1S/C26H34F2N4O6/c1-37-23(34)8-7-19-16-32(26(36)38-19)18-13-20(27)24(21(28)14-18)31-11-9-30(10-12-31)22(33)15-29-25(35)17-5-3-2-4-6-17/h13-14,17,19H,2-12,15-16H2,1H3,(H,29,35)/t19-/m0/s1. The maximum atomic E-state index is 15.1. The van der Waals surface area contributed by atoms with Crippen LogP contribution >= 0.6 is 0 Å². The van der Waals surface area contributed by atoms with Crippen LogP contribution in [0.3, 0.4) is 0 Å². The number of anilines is 2. The van der Waals surface area contributed by atoms with Crippen molar-refractivity contribution in [3.05, 3.63) is 23.8 Å². The fourth-order valence-electron chi connectivity index (χ4n) is 5.24. The number of benzene rings is 1. The van der Waals surface area contributed by atoms with Crippen molar-refractivity contribution in [1.82, 2.24) is 10.2 Å². The number of esters is 1. The van der Waals surface area contributed by atoms with Crippen LogP contribution in [0.25, 0.3) is 0 Å². The number of carbonyl (C=O) groups is 4. The van der Waals surface area contributed by atoms with Crippen LogP contribution in [0, 0.1) is 17.6 Å². The molecule has 3 fully saturated rings. The second-order valence-electron chi connectivity index (χ2n) is 9.91. The third-order valence-electron chi connectivity index (χ3n) is 7.42. The number of nitrogens with zero attached hydrogens (tertiary/aromatic N) is 3. The number of nitrogens with one attached hydrogen (secondary N) is 1. The SMILES string of the molecule is COC(=O)CC[C@H]1CN(c2cc(F)c(N3CCN(C(=O)CNC(=O)C4CCCCC4)CC3)c(F)c2)C(=O)O1. The molecule has 12 heteroatoms. The Balaban J connectivity index is 1.30. The number of ether oxygens (including phenoxy) is 2. The highest BCUT2D eigenvalue weighted by Gasteiger charge is 2.34. The highest BCUT2D eigenvalue weighted by atomic mass is 19.1. The molecule has 4 rings (SSSR count). The molecule has 1 aliphatic carbocycles. The van der Waals surface area contributed by atoms with Crippen molar-refractivity contribution in [2.24, 2.45) is 5.92 Å². The molecule has 10 nitrogen and oxygen atoms in total. The largest absolute Gasteiger partial charge is 0.469 e. The van der Waals surface area contributed by atoms with Crippen molar-refractivity contribution in [3.8, 4) is 0 Å². The third kappa shape index (κ3) is 6.51. The van der Waals surface area contributed by atoms with Crippen LogP contribution in [0.5, 0.6) is 0 Å². The Bertz CT molecular complexity index is 1030. The van der Waals surface area contributed by atoms with Crippen LogP contribution in [0.2, 0.25) is 0 Å². The van der Waals surface area contributed by atoms with Gasteiger partial charge in [-0.05, 0) is 19.3 Å². The predicted octanol–water partition coefficient (Wildman–Crippen LogP) is 2.59. The molecule has 1 aromatic rings. The fourth-order valence-corrected chi connectivity index (χ4v) is 5.24. The topological polar surface area (TPSA) is 108 Å². The van der Waals surface area contributed by atoms with Gasteiger partial charge >= 0.3 is 12.1 Å². The van der Waals surface area contributed by atoms with Crippen molar-refractivity contribution in [3.63, 3.8) is 0 Å². The lowest BCUT2D eigenvalue weighted by Crippen LogP contribution is -2.52. The van der Waals surface area contributed by atoms with Gasteiger partial charge in [0.05, 0.1) is 25.9 Å². The first-order chi connectivity index (χ1) is 18.3. The molecule has 2 saturated heterocycles. The van der Waals surface area contributed by atoms with E-state index in [0.29, 0.717) is 0 Å². The number of piperazine rings is 1. The lowest BCUT2D eigenvalue weighted by molar-refractivity contribution is -0.141. The van der Waals surface area contributed by atoms with E-state index in [0.717, 1.165) is 49.1 Å². The summed E-state index contributed by atoms with van der Waals surface area (Å²) in [5.74, 6) is -2.44. The molecule has 1 atom stereocenters. The smallest absolute Gasteiger partial charge is 0.414 e. The predicted molar refractivity (Wildman–Crippen MR) is 134 cm³/mol. The molecule has 0 spiro atoms. The average Bonchev–Trinajstić information content (AvgIpc) is 3.30. The lowest BCUT2D eigenvalue weighted by Gasteiger charge is -2.36. The molecule has 3 amide bonds. The Kier molecular flexibility index (Phi) is 9.01. The molecule has 208 valence electrons. The molecule has 0 radical (unpaired) electrons. The molecule has 0 unspecified atom stereocenters. The minimum absolute atomic E-state index is 0.0249. The highest BCUT2D eigenvalue weighted by Crippen LogP contribution is 2.32. The zero-order valence-corrected chi connectivity index (χ0v) is 21.5. The van der Waals surface area contributed by atoms with Gasteiger partial charge in [0, 0.05) is 50.7 Å². The zero-order valence-electron chi connectivity index (χ0n) is 21.5. The normalized spacial score (nSPS) is 20.3. The lowest BCUT2D eigenvalue weighted by atomic mass is 9.89. The number of carbonyl (C=O) groups excluding carboxylic acids is 4. The van der Waals surface area contributed by atoms with E-state index in [1.807, 2.05) is 0 Å². The van der Waals surface area contributed by atoms with Crippen molar-refractivity contribution in [1.29, 1.82) is 0 Å². The van der Waals surface area contributed by atoms with Gasteiger partial charge in [0.15, 0.2) is 11.6 Å². The van der Waals surface area contributed by atoms with Gasteiger partial charge in [-0.25, -0.2) is 13.6 Å². The number of cyclic esters (lactones) is 1. The summed E-state index contributed by atoms with van der Waals surface area (Å²) in [5.41, 5.74) is -0.196. The monoisotopic (exact) mass is 536 g/mol. The Morgan fingerprint density at radius 1 is 1.05 bits per heavy atom. The fraction of sp³-hybridized carbons (Fsp3) is 0.615. The van der Waals surface area contributed by atoms with Crippen molar-refractivity contribution < 1.29 is 37.4 Å². The van der Waals surface area contributed by atoms with Gasteiger partial charge in [-0.1, -0.05) is 19.3 Å². The van der Waals surface area contributed by atoms with Crippen molar-refractivity contribution >= 4 is 35.3 Å². The van der Waals surface area contributed by atoms with E-state index < -0.39 is 29.8 Å². The summed E-state index contributed by atoms with van der Waals surface area (Å²) in [6.07, 6.45) is 3.87. The molecule has 0 bridgehead atoms. The minimum Gasteiger partial charge on any atom is -0.469 e. The number of hydrogen-bond donors (Lipinski definition) is 1. The molecular formula is C26H34F2N4O6. The van der Waals surface area contributed by atoms with E-state index >= 15 is 8.78 Å². The van der Waals surface area contributed by atoms with Crippen LogP contribution in [-0.4, -0.2) is 81.3 Å². The molecule has 3 aliphatic rings. The van der Waals surface area contributed by atoms with E-state index in [-0.39, 0.29) is 81.2 Å². The van der Waals surface area contributed by atoms with Gasteiger partial charge < -0.3 is 24.6 Å². The highest BCUT2D eigenvalue weighted by molar-refractivity contribution is 5.90. The van der Waals surface area contributed by atoms with E-state index in [2.05, 4.69) is 10.1 Å². The van der Waals surface area contributed by atoms with Gasteiger partial charge in [0.25, 0.3) is 0 Å². The Morgan fingerprint density at radius 3 is 2.34 bits per heavy atom. The number of rotatable bonds is 8. The summed E-state index contributed by atoms with van der Waals surface area (Å²) in [6.45, 7) is 0.942. The van der Waals surface area contributed by atoms with Crippen molar-refractivity contribution in [2.45, 2.75) is 51.0 Å². The molecule has 1 saturated carbocycles. The average molecular weight is 537 g/mol. The summed E-state index contributed by atoms with van der Waals surface area (Å²) < 4.78 is 39.9. The van der Waals surface area contributed by atoms with Crippen LogP contribution < -0.4 is 15.1 Å². The van der Waals surface area contributed by atoms with Crippen LogP contribution in [0.4, 0.5) is 25.0 Å². The second kappa shape index (κ2) is 12.4. The number of halogens is 2. The van der Waals surface area contributed by atoms with E-state index in [4.69, 9.17) is 4.74 Å². The Labute approximate surface area is 220 Å². The molecule has 1 N–H and O–H groups in total. The first kappa shape index (κ1) is 27.6. The molecule has 2 aliphatic heterocycles. The molecular weight excluding hydrogens is 502 g/mol. The zero-order chi connectivity index (χ0) is 27.2. The van der Waals surface area contributed by atoms with Crippen LogP contribution in [0.15, 0.2) is 12.1 Å². The van der Waals surface area contributed by atoms with Crippen LogP contribution in [0.1, 0.15) is 44.9 Å². The minimum atomic E-state index is -0.828. The quantitative estimate of drug-likeness (QED) is 0.509. The summed E-state index contributed by atoms with van der Waals surface area (Å²) >= 11 is 0. The van der Waals surface area contributed by atoms with Gasteiger partial charge in [-0.2, -0.15) is 0 Å². The molecule has 38 heavy (non-hydrogen) atoms. The maximum absolute atomic E-state index is 15.1. The van der Waals surface area contributed by atoms with Gasteiger partial charge in [0.2, 0.25) is 11.8 Å². The maximum Gasteiger partial charge on any atom is 0.414 e.